The van der Waals surface area contributed by atoms with Gasteiger partial charge >= 0.3 is 5.97 Å². The van der Waals surface area contributed by atoms with Crippen LogP contribution < -0.4 is 5.32 Å². The van der Waals surface area contributed by atoms with Gasteiger partial charge in [0.1, 0.15) is 6.42 Å². The largest absolute Gasteiger partial charge is 0.466 e. The first-order chi connectivity index (χ1) is 8.93. The average Bonchev–Trinajstić information content (AvgIpc) is 2.31. The molecule has 0 unspecified atom stereocenters. The molecule has 7 nitrogen and oxygen atoms in total. The number of hydrogen-bond acceptors (Lipinski definition) is 5. The van der Waals surface area contributed by atoms with Gasteiger partial charge in [-0.25, -0.2) is 0 Å². The fourth-order valence-corrected chi connectivity index (χ4v) is 1.44. The van der Waals surface area contributed by atoms with Crippen molar-refractivity contribution in [2.45, 2.75) is 20.3 Å². The smallest absolute Gasteiger partial charge is 0.315 e. The molecule has 19 heavy (non-hydrogen) atoms. The molecule has 7 heteroatoms. The van der Waals surface area contributed by atoms with Crippen molar-refractivity contribution in [3.63, 3.8) is 0 Å². The topological polar surface area (TPSA) is 98.5 Å². The molecule has 102 valence electrons. The molecule has 1 rings (SSSR count). The predicted molar refractivity (Wildman–Crippen MR) is 67.7 cm³/mol. The maximum atomic E-state index is 11.5. The second-order valence-electron chi connectivity index (χ2n) is 3.79. The van der Waals surface area contributed by atoms with Gasteiger partial charge < -0.3 is 10.1 Å². The van der Waals surface area contributed by atoms with E-state index in [9.17, 15) is 19.7 Å². The van der Waals surface area contributed by atoms with E-state index in [2.05, 4.69) is 10.1 Å². The summed E-state index contributed by atoms with van der Waals surface area (Å²) in [7, 11) is 0. The number of anilines is 1. The number of non-ortho nitro benzene ring substituents is 1. The van der Waals surface area contributed by atoms with Gasteiger partial charge in [0.25, 0.3) is 5.69 Å². The summed E-state index contributed by atoms with van der Waals surface area (Å²) < 4.78 is 4.64. The highest BCUT2D eigenvalue weighted by Crippen LogP contribution is 2.21. The van der Waals surface area contributed by atoms with Crippen LogP contribution in [0.2, 0.25) is 0 Å². The molecular weight excluding hydrogens is 252 g/mol. The zero-order valence-electron chi connectivity index (χ0n) is 10.6. The number of aryl methyl sites for hydroxylation is 1. The Morgan fingerprint density at radius 3 is 2.63 bits per heavy atom. The number of hydrogen-bond donors (Lipinski definition) is 1. The molecule has 0 atom stereocenters. The summed E-state index contributed by atoms with van der Waals surface area (Å²) in [6.45, 7) is 3.49. The zero-order chi connectivity index (χ0) is 14.4. The summed E-state index contributed by atoms with van der Waals surface area (Å²) >= 11 is 0. The SMILES string of the molecule is CCOC(=O)CC(=O)Nc1ccc([N+](=O)[O-])cc1C. The van der Waals surface area contributed by atoms with Crippen LogP contribution in [0.4, 0.5) is 11.4 Å². The van der Waals surface area contributed by atoms with Crippen LogP contribution in [0.5, 0.6) is 0 Å². The van der Waals surface area contributed by atoms with Gasteiger partial charge in [-0.15, -0.1) is 0 Å². The van der Waals surface area contributed by atoms with Gasteiger partial charge in [0.15, 0.2) is 0 Å². The monoisotopic (exact) mass is 266 g/mol. The lowest BCUT2D eigenvalue weighted by molar-refractivity contribution is -0.384. The van der Waals surface area contributed by atoms with Gasteiger partial charge in [0.05, 0.1) is 11.5 Å². The van der Waals surface area contributed by atoms with E-state index >= 15 is 0 Å². The summed E-state index contributed by atoms with van der Waals surface area (Å²) in [4.78, 5) is 32.7. The van der Waals surface area contributed by atoms with Gasteiger partial charge in [0, 0.05) is 17.8 Å². The van der Waals surface area contributed by atoms with Crippen molar-refractivity contribution in [1.29, 1.82) is 0 Å². The quantitative estimate of drug-likeness (QED) is 0.379. The van der Waals surface area contributed by atoms with Crippen LogP contribution >= 0.6 is 0 Å². The van der Waals surface area contributed by atoms with Crippen LogP contribution in [0.3, 0.4) is 0 Å². The second-order valence-corrected chi connectivity index (χ2v) is 3.79. The Hall–Kier alpha value is -2.44. The first-order valence-corrected chi connectivity index (χ1v) is 5.64. The fourth-order valence-electron chi connectivity index (χ4n) is 1.44. The van der Waals surface area contributed by atoms with E-state index < -0.39 is 16.8 Å². The summed E-state index contributed by atoms with van der Waals surface area (Å²) in [5.74, 6) is -1.13. The molecule has 1 N–H and O–H groups in total. The minimum Gasteiger partial charge on any atom is -0.466 e. The van der Waals surface area contributed by atoms with Crippen molar-refractivity contribution in [2.24, 2.45) is 0 Å². The fraction of sp³-hybridized carbons (Fsp3) is 0.333. The maximum Gasteiger partial charge on any atom is 0.315 e. The van der Waals surface area contributed by atoms with Crippen LogP contribution in [-0.2, 0) is 14.3 Å². The number of carbonyl (C=O) groups excluding carboxylic acids is 2. The van der Waals surface area contributed by atoms with E-state index in [0.29, 0.717) is 11.3 Å². The number of esters is 1. The molecular formula is C12H14N2O5. The molecule has 0 fully saturated rings. The molecule has 1 aromatic rings. The van der Waals surface area contributed by atoms with Gasteiger partial charge in [0.2, 0.25) is 5.91 Å². The van der Waals surface area contributed by atoms with E-state index in [-0.39, 0.29) is 18.7 Å². The third kappa shape index (κ3) is 4.38. The molecule has 0 aromatic heterocycles. The molecule has 1 aromatic carbocycles. The van der Waals surface area contributed by atoms with Crippen LogP contribution in [0.25, 0.3) is 0 Å². The number of nitro groups is 1. The van der Waals surface area contributed by atoms with Crippen LogP contribution in [0.15, 0.2) is 18.2 Å². The standard InChI is InChI=1S/C12H14N2O5/c1-3-19-12(16)7-11(15)13-10-5-4-9(14(17)18)6-8(10)2/h4-6H,3,7H2,1-2H3,(H,13,15). The van der Waals surface area contributed by atoms with E-state index in [4.69, 9.17) is 0 Å². The van der Waals surface area contributed by atoms with Gasteiger partial charge in [-0.2, -0.15) is 0 Å². The van der Waals surface area contributed by atoms with Gasteiger partial charge in [-0.05, 0) is 25.5 Å². The molecule has 0 saturated carbocycles. The van der Waals surface area contributed by atoms with Crippen LogP contribution in [0.1, 0.15) is 18.9 Å². The number of nitrogens with zero attached hydrogens (tertiary/aromatic N) is 1. The molecule has 1 amide bonds. The lowest BCUT2D eigenvalue weighted by Crippen LogP contribution is -2.18. The number of ether oxygens (including phenoxy) is 1. The molecule has 0 bridgehead atoms. The molecule has 0 aliphatic carbocycles. The predicted octanol–water partition coefficient (Wildman–Crippen LogP) is 1.79. The number of amides is 1. The van der Waals surface area contributed by atoms with E-state index in [1.54, 1.807) is 13.8 Å². The van der Waals surface area contributed by atoms with Crippen molar-refractivity contribution < 1.29 is 19.2 Å². The zero-order valence-corrected chi connectivity index (χ0v) is 10.6. The summed E-state index contributed by atoms with van der Waals surface area (Å²) in [5, 5.41) is 13.1. The Labute approximate surface area is 109 Å². The molecule has 0 aliphatic rings. The second kappa shape index (κ2) is 6.48. The number of benzene rings is 1. The Morgan fingerprint density at radius 1 is 1.42 bits per heavy atom. The van der Waals surface area contributed by atoms with Crippen molar-refractivity contribution in [3.05, 3.63) is 33.9 Å². The minimum absolute atomic E-state index is 0.0547. The molecule has 0 spiro atoms. The molecule has 0 heterocycles. The van der Waals surface area contributed by atoms with Crippen molar-refractivity contribution >= 4 is 23.3 Å². The van der Waals surface area contributed by atoms with E-state index in [0.717, 1.165) is 0 Å². The number of nitro benzene ring substituents is 1. The van der Waals surface area contributed by atoms with Crippen LogP contribution in [0, 0.1) is 17.0 Å². The Bertz CT molecular complexity index is 513. The Kier molecular flexibility index (Phi) is 4.99. The number of carbonyl (C=O) groups is 2. The van der Waals surface area contributed by atoms with Gasteiger partial charge in [-0.3, -0.25) is 19.7 Å². The Balaban J connectivity index is 2.69. The maximum absolute atomic E-state index is 11.5. The van der Waals surface area contributed by atoms with E-state index in [1.165, 1.54) is 18.2 Å². The molecule has 0 aliphatic heterocycles. The lowest BCUT2D eigenvalue weighted by atomic mass is 10.1. The summed E-state index contributed by atoms with van der Waals surface area (Å²) in [6, 6.07) is 4.06. The molecule has 0 saturated heterocycles. The van der Waals surface area contributed by atoms with Gasteiger partial charge in [-0.1, -0.05) is 0 Å². The third-order valence-corrected chi connectivity index (χ3v) is 2.31. The third-order valence-electron chi connectivity index (χ3n) is 2.31. The summed E-state index contributed by atoms with van der Waals surface area (Å²) in [6.07, 6.45) is -0.385. The normalized spacial score (nSPS) is 9.79. The van der Waals surface area contributed by atoms with Crippen LogP contribution in [-0.4, -0.2) is 23.4 Å². The molecule has 0 radical (unpaired) electrons. The lowest BCUT2D eigenvalue weighted by Gasteiger charge is -2.07. The average molecular weight is 266 g/mol. The first kappa shape index (κ1) is 14.6. The highest BCUT2D eigenvalue weighted by atomic mass is 16.6. The highest BCUT2D eigenvalue weighted by Gasteiger charge is 2.13. The summed E-state index contributed by atoms with van der Waals surface area (Å²) in [5.41, 5.74) is 0.923. The van der Waals surface area contributed by atoms with Crippen molar-refractivity contribution in [3.8, 4) is 0 Å². The first-order valence-electron chi connectivity index (χ1n) is 5.64. The number of nitrogens with one attached hydrogen (secondary N) is 1. The van der Waals surface area contributed by atoms with Crippen molar-refractivity contribution in [2.75, 3.05) is 11.9 Å². The number of rotatable bonds is 5. The van der Waals surface area contributed by atoms with E-state index in [1.807, 2.05) is 0 Å². The highest BCUT2D eigenvalue weighted by molar-refractivity contribution is 6.02. The minimum atomic E-state index is -0.612. The Morgan fingerprint density at radius 2 is 2.11 bits per heavy atom. The van der Waals surface area contributed by atoms with Crippen molar-refractivity contribution in [1.82, 2.24) is 0 Å².